The minimum absolute atomic E-state index is 0.0214. The average molecular weight is 404 g/mol. The van der Waals surface area contributed by atoms with Gasteiger partial charge in [0.25, 0.3) is 0 Å². The summed E-state index contributed by atoms with van der Waals surface area (Å²) in [7, 11) is 1.96. The van der Waals surface area contributed by atoms with E-state index in [1.807, 2.05) is 24.1 Å². The molecule has 2 fully saturated rings. The van der Waals surface area contributed by atoms with Crippen LogP contribution in [0.3, 0.4) is 0 Å². The molecule has 1 unspecified atom stereocenters. The zero-order valence-electron chi connectivity index (χ0n) is 15.6. The number of carboxylic acids is 1. The van der Waals surface area contributed by atoms with Crippen LogP contribution in [0.2, 0.25) is 0 Å². The number of benzene rings is 1. The summed E-state index contributed by atoms with van der Waals surface area (Å²) in [5, 5.41) is 7.12. The van der Waals surface area contributed by atoms with Gasteiger partial charge in [0.2, 0.25) is 5.91 Å². The molecule has 1 aromatic rings. The molecule has 3 rings (SSSR count). The molecule has 2 aliphatic heterocycles. The third-order valence-electron chi connectivity index (χ3n) is 5.31. The van der Waals surface area contributed by atoms with Crippen molar-refractivity contribution < 1.29 is 32.3 Å². The largest absolute Gasteiger partial charge is 0.490 e. The number of rotatable bonds is 2. The fraction of sp³-hybridized carbons (Fsp3) is 0.579. The number of carboxylic acid groups (broad SMARTS) is 1. The van der Waals surface area contributed by atoms with Crippen LogP contribution in [-0.2, 0) is 16.1 Å². The molecule has 28 heavy (non-hydrogen) atoms. The number of piperidine rings is 2. The molecule has 9 heteroatoms. The Bertz CT molecular complexity index is 689. The number of carbonyl (C=O) groups is 2. The number of amides is 1. The number of carbonyl (C=O) groups excluding carboxylic acids is 1. The summed E-state index contributed by atoms with van der Waals surface area (Å²) in [6.07, 6.45) is -0.0487. The Morgan fingerprint density at radius 1 is 1.18 bits per heavy atom. The number of hydrogen-bond acceptors (Lipinski definition) is 3. The van der Waals surface area contributed by atoms with Gasteiger partial charge < -0.3 is 10.0 Å². The van der Waals surface area contributed by atoms with Gasteiger partial charge in [-0.3, -0.25) is 9.69 Å². The maximum atomic E-state index is 13.0. The number of nitrogens with zero attached hydrogens (tertiary/aromatic N) is 2. The van der Waals surface area contributed by atoms with Gasteiger partial charge in [-0.15, -0.1) is 0 Å². The highest BCUT2D eigenvalue weighted by atomic mass is 19.4. The Morgan fingerprint density at radius 2 is 1.75 bits per heavy atom. The first-order valence-electron chi connectivity index (χ1n) is 9.07. The summed E-state index contributed by atoms with van der Waals surface area (Å²) < 4.78 is 44.7. The highest BCUT2D eigenvalue weighted by molar-refractivity contribution is 5.77. The van der Waals surface area contributed by atoms with Crippen LogP contribution in [0.25, 0.3) is 0 Å². The van der Waals surface area contributed by atoms with E-state index in [0.29, 0.717) is 6.42 Å². The number of likely N-dealkylation sites (tertiary alicyclic amines) is 2. The van der Waals surface area contributed by atoms with Crippen LogP contribution in [0.1, 0.15) is 37.7 Å². The summed E-state index contributed by atoms with van der Waals surface area (Å²) >= 11 is 0. The minimum atomic E-state index is -5.08. The highest BCUT2D eigenvalue weighted by Gasteiger charge is 2.43. The van der Waals surface area contributed by atoms with E-state index < -0.39 is 12.1 Å². The Morgan fingerprint density at radius 3 is 2.32 bits per heavy atom. The third-order valence-corrected chi connectivity index (χ3v) is 5.31. The molecule has 2 saturated heterocycles. The van der Waals surface area contributed by atoms with Crippen molar-refractivity contribution in [3.8, 4) is 0 Å². The monoisotopic (exact) mass is 404 g/mol. The Hall–Kier alpha value is -2.16. The smallest absolute Gasteiger partial charge is 0.475 e. The predicted octanol–water partition coefficient (Wildman–Crippen LogP) is 3.44. The van der Waals surface area contributed by atoms with Crippen LogP contribution in [0.4, 0.5) is 17.6 Å². The van der Waals surface area contributed by atoms with Gasteiger partial charge in [0.15, 0.2) is 0 Å². The molecule has 0 aliphatic carbocycles. The van der Waals surface area contributed by atoms with Crippen molar-refractivity contribution in [2.75, 3.05) is 20.1 Å². The normalized spacial score (nSPS) is 23.3. The fourth-order valence-electron chi connectivity index (χ4n) is 3.84. The second kappa shape index (κ2) is 8.89. The molecular weight excluding hydrogens is 380 g/mol. The number of aliphatic carboxylic acids is 1. The predicted molar refractivity (Wildman–Crippen MR) is 94.0 cm³/mol. The molecule has 1 amide bonds. The van der Waals surface area contributed by atoms with Gasteiger partial charge >= 0.3 is 12.1 Å². The van der Waals surface area contributed by atoms with Gasteiger partial charge in [0.1, 0.15) is 5.82 Å². The van der Waals surface area contributed by atoms with Crippen molar-refractivity contribution >= 4 is 11.9 Å². The third kappa shape index (κ3) is 5.67. The molecule has 0 aromatic heterocycles. The Kier molecular flexibility index (Phi) is 7.03. The lowest BCUT2D eigenvalue weighted by Gasteiger charge is -2.50. The maximum absolute atomic E-state index is 13.0. The molecule has 1 aromatic carbocycles. The summed E-state index contributed by atoms with van der Waals surface area (Å²) in [4.78, 5) is 25.3. The lowest BCUT2D eigenvalue weighted by molar-refractivity contribution is -0.192. The number of hydrogen-bond donors (Lipinski definition) is 1. The van der Waals surface area contributed by atoms with Crippen molar-refractivity contribution in [2.45, 2.75) is 50.4 Å². The number of alkyl halides is 3. The molecule has 156 valence electrons. The molecule has 1 atom stereocenters. The van der Waals surface area contributed by atoms with Gasteiger partial charge in [0, 0.05) is 26.6 Å². The molecule has 1 spiro atoms. The van der Waals surface area contributed by atoms with E-state index >= 15 is 0 Å². The summed E-state index contributed by atoms with van der Waals surface area (Å²) in [6.45, 7) is 2.83. The second-order valence-electron chi connectivity index (χ2n) is 7.27. The van der Waals surface area contributed by atoms with Crippen LogP contribution < -0.4 is 0 Å². The van der Waals surface area contributed by atoms with Crippen molar-refractivity contribution in [1.29, 1.82) is 0 Å². The second-order valence-corrected chi connectivity index (χ2v) is 7.27. The summed E-state index contributed by atoms with van der Waals surface area (Å²) in [5.74, 6) is -2.66. The first-order valence-corrected chi connectivity index (χ1v) is 9.07. The van der Waals surface area contributed by atoms with Gasteiger partial charge in [-0.05, 0) is 49.9 Å². The van der Waals surface area contributed by atoms with E-state index in [1.165, 1.54) is 12.1 Å². The van der Waals surface area contributed by atoms with Gasteiger partial charge in [0.05, 0.1) is 5.54 Å². The minimum Gasteiger partial charge on any atom is -0.475 e. The number of halogens is 4. The van der Waals surface area contributed by atoms with Crippen LogP contribution in [-0.4, -0.2) is 58.6 Å². The maximum Gasteiger partial charge on any atom is 0.490 e. The summed E-state index contributed by atoms with van der Waals surface area (Å²) in [5.41, 5.74) is 1.16. The molecule has 2 heterocycles. The van der Waals surface area contributed by atoms with E-state index in [0.717, 1.165) is 50.9 Å². The van der Waals surface area contributed by atoms with Gasteiger partial charge in [-0.1, -0.05) is 12.1 Å². The molecule has 5 nitrogen and oxygen atoms in total. The number of likely N-dealkylation sites (N-methyl/N-ethyl adjacent to an activating group) is 1. The lowest BCUT2D eigenvalue weighted by Crippen LogP contribution is -2.60. The van der Waals surface area contributed by atoms with Crippen LogP contribution >= 0.6 is 0 Å². The molecule has 0 bridgehead atoms. The zero-order chi connectivity index (χ0) is 20.9. The van der Waals surface area contributed by atoms with E-state index in [4.69, 9.17) is 9.90 Å². The van der Waals surface area contributed by atoms with Gasteiger partial charge in [-0.25, -0.2) is 9.18 Å². The van der Waals surface area contributed by atoms with Crippen molar-refractivity contribution in [2.24, 2.45) is 0 Å². The SMILES string of the molecule is CN1C(=O)CCCC12CCCN(Cc1ccc(F)cc1)C2.O=C(O)C(F)(F)F. The quantitative estimate of drug-likeness (QED) is 0.768. The van der Waals surface area contributed by atoms with Crippen LogP contribution in [0, 0.1) is 5.82 Å². The molecular formula is C19H24F4N2O3. The van der Waals surface area contributed by atoms with E-state index in [2.05, 4.69) is 4.90 Å². The highest BCUT2D eigenvalue weighted by Crippen LogP contribution is 2.36. The van der Waals surface area contributed by atoms with Crippen molar-refractivity contribution in [3.63, 3.8) is 0 Å². The molecule has 1 N–H and O–H groups in total. The average Bonchev–Trinajstić information content (AvgIpc) is 2.62. The van der Waals surface area contributed by atoms with Gasteiger partial charge in [-0.2, -0.15) is 13.2 Å². The van der Waals surface area contributed by atoms with Crippen LogP contribution in [0.15, 0.2) is 24.3 Å². The Balaban J connectivity index is 0.000000345. The van der Waals surface area contributed by atoms with Crippen molar-refractivity contribution in [3.05, 3.63) is 35.6 Å². The summed E-state index contributed by atoms with van der Waals surface area (Å²) in [6, 6.07) is 6.75. The first-order chi connectivity index (χ1) is 13.0. The standard InChI is InChI=1S/C17H23FN2O.C2HF3O2/c1-19-16(21)4-2-9-17(19)10-3-11-20(13-17)12-14-5-7-15(18)8-6-14;3-2(4,5)1(6)7/h5-8H,2-4,9-13H2,1H3;(H,6,7). The Labute approximate surface area is 160 Å². The molecule has 2 aliphatic rings. The zero-order valence-corrected chi connectivity index (χ0v) is 15.6. The van der Waals surface area contributed by atoms with E-state index in [1.54, 1.807) is 0 Å². The lowest BCUT2D eigenvalue weighted by atomic mass is 9.80. The molecule has 0 radical (unpaired) electrons. The van der Waals surface area contributed by atoms with Crippen LogP contribution in [0.5, 0.6) is 0 Å². The van der Waals surface area contributed by atoms with E-state index in [9.17, 15) is 22.4 Å². The topological polar surface area (TPSA) is 60.9 Å². The fourth-order valence-corrected chi connectivity index (χ4v) is 3.84. The molecule has 0 saturated carbocycles. The first kappa shape index (κ1) is 22.1. The van der Waals surface area contributed by atoms with Crippen molar-refractivity contribution in [1.82, 2.24) is 9.80 Å². The van der Waals surface area contributed by atoms with E-state index in [-0.39, 0.29) is 17.3 Å².